The number of nitriles is 1. The molecule has 1 amide bonds. The Hall–Kier alpha value is -5.22. The lowest BCUT2D eigenvalue weighted by Crippen LogP contribution is -2.41. The molecule has 4 aromatic rings. The largest absolute Gasteiger partial charge is 0.358 e. The Morgan fingerprint density at radius 2 is 1.79 bits per heavy atom. The second-order valence-electron chi connectivity index (χ2n) is 10.5. The van der Waals surface area contributed by atoms with Gasteiger partial charge < -0.3 is 16.0 Å². The number of rotatable bonds is 11. The summed E-state index contributed by atoms with van der Waals surface area (Å²) in [6, 6.07) is 18.1. The average Bonchev–Trinajstić information content (AvgIpc) is 3.59. The molecule has 2 heterocycles. The number of carbonyl (C=O) groups excluding carboxylic acids is 1. The predicted molar refractivity (Wildman–Crippen MR) is 161 cm³/mol. The molecule has 1 unspecified atom stereocenters. The fourth-order valence-corrected chi connectivity index (χ4v) is 5.16. The second kappa shape index (κ2) is 13.9. The highest BCUT2D eigenvalue weighted by atomic mass is 16.2. The Balaban J connectivity index is 1.35. The van der Waals surface area contributed by atoms with Crippen LogP contribution in [0.5, 0.6) is 0 Å². The molecule has 0 bridgehead atoms. The molecule has 0 spiro atoms. The topological polar surface area (TPSA) is 125 Å². The van der Waals surface area contributed by atoms with Gasteiger partial charge in [0, 0.05) is 31.5 Å². The predicted octanol–water partition coefficient (Wildman–Crippen LogP) is 5.76. The van der Waals surface area contributed by atoms with E-state index in [0.717, 1.165) is 24.0 Å². The van der Waals surface area contributed by atoms with E-state index in [2.05, 4.69) is 36.8 Å². The SMILES string of the molecule is [C-]#[N+]c1ccc(CNC(=O)C(CC2CCCCC2)Nc2cc(-n3ccnc3)nc(NCc3ccc(C#N)cc3)n2)cc1. The third-order valence-corrected chi connectivity index (χ3v) is 7.48. The summed E-state index contributed by atoms with van der Waals surface area (Å²) < 4.78 is 1.79. The summed E-state index contributed by atoms with van der Waals surface area (Å²) in [7, 11) is 0. The van der Waals surface area contributed by atoms with Crippen molar-refractivity contribution in [3.63, 3.8) is 0 Å². The lowest BCUT2D eigenvalue weighted by molar-refractivity contribution is -0.122. The standard InChI is InChI=1S/C32H33N9O/c1-34-27-13-11-26(12-14-27)20-36-31(42)28(17-23-5-3-2-4-6-23)38-29-18-30(41-16-15-35-22-41)40-32(39-29)37-21-25-9-7-24(19-33)8-10-25/h7-16,18,22-23,28H,2-6,17,20-21H2,(H,36,42)(H2,37,38,39,40). The molecule has 2 aromatic carbocycles. The molecule has 212 valence electrons. The van der Waals surface area contributed by atoms with Crippen LogP contribution < -0.4 is 16.0 Å². The van der Waals surface area contributed by atoms with E-state index < -0.39 is 6.04 Å². The van der Waals surface area contributed by atoms with Crippen LogP contribution in [0, 0.1) is 23.8 Å². The van der Waals surface area contributed by atoms with Crippen LogP contribution in [0.4, 0.5) is 17.5 Å². The number of anilines is 2. The molecule has 0 aliphatic heterocycles. The van der Waals surface area contributed by atoms with Gasteiger partial charge >= 0.3 is 0 Å². The van der Waals surface area contributed by atoms with Crippen LogP contribution in [-0.4, -0.2) is 31.5 Å². The fourth-order valence-electron chi connectivity index (χ4n) is 5.16. The van der Waals surface area contributed by atoms with Crippen LogP contribution >= 0.6 is 0 Å². The molecular weight excluding hydrogens is 526 g/mol. The van der Waals surface area contributed by atoms with Crippen molar-refractivity contribution in [2.24, 2.45) is 5.92 Å². The van der Waals surface area contributed by atoms with Crippen molar-refractivity contribution in [3.05, 3.63) is 101 Å². The second-order valence-corrected chi connectivity index (χ2v) is 10.5. The van der Waals surface area contributed by atoms with Crippen LogP contribution in [0.2, 0.25) is 0 Å². The van der Waals surface area contributed by atoms with Crippen LogP contribution in [0.1, 0.15) is 55.2 Å². The lowest BCUT2D eigenvalue weighted by atomic mass is 9.84. The van der Waals surface area contributed by atoms with Crippen LogP contribution in [0.25, 0.3) is 10.7 Å². The maximum Gasteiger partial charge on any atom is 0.242 e. The van der Waals surface area contributed by atoms with Gasteiger partial charge in [-0.25, -0.2) is 9.83 Å². The van der Waals surface area contributed by atoms with E-state index in [1.807, 2.05) is 36.5 Å². The van der Waals surface area contributed by atoms with Crippen molar-refractivity contribution in [2.75, 3.05) is 10.6 Å². The van der Waals surface area contributed by atoms with E-state index in [-0.39, 0.29) is 5.91 Å². The number of hydrogen-bond donors (Lipinski definition) is 3. The number of imidazole rings is 1. The minimum Gasteiger partial charge on any atom is -0.358 e. The molecule has 0 radical (unpaired) electrons. The van der Waals surface area contributed by atoms with E-state index in [1.165, 1.54) is 19.3 Å². The van der Waals surface area contributed by atoms with Crippen molar-refractivity contribution >= 4 is 23.4 Å². The minimum atomic E-state index is -0.479. The van der Waals surface area contributed by atoms with Crippen LogP contribution in [0.15, 0.2) is 73.3 Å². The molecule has 1 aliphatic carbocycles. The molecule has 3 N–H and O–H groups in total. The molecule has 1 saturated carbocycles. The smallest absolute Gasteiger partial charge is 0.242 e. The summed E-state index contributed by atoms with van der Waals surface area (Å²) >= 11 is 0. The number of carbonyl (C=O) groups is 1. The molecule has 1 atom stereocenters. The number of benzene rings is 2. The van der Waals surface area contributed by atoms with E-state index in [1.54, 1.807) is 41.4 Å². The highest BCUT2D eigenvalue weighted by Crippen LogP contribution is 2.28. The monoisotopic (exact) mass is 559 g/mol. The Bertz CT molecular complexity index is 1550. The summed E-state index contributed by atoms with van der Waals surface area (Å²) in [5.41, 5.74) is 3.10. The Labute approximate surface area is 245 Å². The molecular formula is C32H33N9O. The van der Waals surface area contributed by atoms with Gasteiger partial charge in [0.1, 0.15) is 24.0 Å². The maximum atomic E-state index is 13.6. The maximum absolute atomic E-state index is 13.6. The van der Waals surface area contributed by atoms with Gasteiger partial charge in [-0.1, -0.05) is 68.5 Å². The Morgan fingerprint density at radius 1 is 1.05 bits per heavy atom. The molecule has 10 heteroatoms. The number of hydrogen-bond acceptors (Lipinski definition) is 7. The van der Waals surface area contributed by atoms with Gasteiger partial charge in [0.25, 0.3) is 0 Å². The van der Waals surface area contributed by atoms with Crippen LogP contribution in [-0.2, 0) is 17.9 Å². The van der Waals surface area contributed by atoms with Crippen molar-refractivity contribution in [2.45, 2.75) is 57.7 Å². The highest BCUT2D eigenvalue weighted by Gasteiger charge is 2.25. The number of nitrogens with one attached hydrogen (secondary N) is 3. The first-order valence-electron chi connectivity index (χ1n) is 14.2. The van der Waals surface area contributed by atoms with Gasteiger partial charge in [0.2, 0.25) is 11.9 Å². The van der Waals surface area contributed by atoms with Gasteiger partial charge in [0.05, 0.1) is 18.2 Å². The Morgan fingerprint density at radius 3 is 2.48 bits per heavy atom. The summed E-state index contributed by atoms with van der Waals surface area (Å²) in [5, 5.41) is 18.9. The van der Waals surface area contributed by atoms with Gasteiger partial charge in [-0.05, 0) is 35.6 Å². The quantitative estimate of drug-likeness (QED) is 0.199. The number of nitrogens with zero attached hydrogens (tertiary/aromatic N) is 6. The van der Waals surface area contributed by atoms with Gasteiger partial charge in [0.15, 0.2) is 5.69 Å². The zero-order valence-electron chi connectivity index (χ0n) is 23.3. The lowest BCUT2D eigenvalue weighted by Gasteiger charge is -2.27. The third kappa shape index (κ3) is 7.70. The summed E-state index contributed by atoms with van der Waals surface area (Å²) in [6.45, 7) is 7.99. The van der Waals surface area contributed by atoms with E-state index in [9.17, 15) is 4.79 Å². The van der Waals surface area contributed by atoms with E-state index >= 15 is 0 Å². The zero-order valence-corrected chi connectivity index (χ0v) is 23.3. The summed E-state index contributed by atoms with van der Waals surface area (Å²) in [6.07, 6.45) is 11.7. The minimum absolute atomic E-state index is 0.0929. The zero-order chi connectivity index (χ0) is 29.1. The molecule has 1 aliphatic rings. The normalized spacial score (nSPS) is 13.9. The molecule has 0 saturated heterocycles. The molecule has 5 rings (SSSR count). The first kappa shape index (κ1) is 28.3. The molecule has 1 fully saturated rings. The number of aromatic nitrogens is 4. The van der Waals surface area contributed by atoms with E-state index in [0.29, 0.717) is 54.3 Å². The van der Waals surface area contributed by atoms with Crippen molar-refractivity contribution in [1.29, 1.82) is 5.26 Å². The summed E-state index contributed by atoms with van der Waals surface area (Å²) in [4.78, 5) is 30.5. The van der Waals surface area contributed by atoms with Gasteiger partial charge in [-0.3, -0.25) is 9.36 Å². The summed E-state index contributed by atoms with van der Waals surface area (Å²) in [5.74, 6) is 1.93. The Kier molecular flexibility index (Phi) is 9.38. The fraction of sp³-hybridized carbons (Fsp3) is 0.312. The molecule has 2 aromatic heterocycles. The molecule has 10 nitrogen and oxygen atoms in total. The average molecular weight is 560 g/mol. The van der Waals surface area contributed by atoms with Gasteiger partial charge in [-0.15, -0.1) is 0 Å². The van der Waals surface area contributed by atoms with E-state index in [4.69, 9.17) is 16.8 Å². The van der Waals surface area contributed by atoms with Gasteiger partial charge in [-0.2, -0.15) is 15.2 Å². The van der Waals surface area contributed by atoms with Crippen LogP contribution in [0.3, 0.4) is 0 Å². The highest BCUT2D eigenvalue weighted by molar-refractivity contribution is 5.84. The van der Waals surface area contributed by atoms with Crippen molar-refractivity contribution in [1.82, 2.24) is 24.8 Å². The number of amides is 1. The first-order chi connectivity index (χ1) is 20.6. The third-order valence-electron chi connectivity index (χ3n) is 7.48. The first-order valence-corrected chi connectivity index (χ1v) is 14.2. The molecule has 42 heavy (non-hydrogen) atoms. The van der Waals surface area contributed by atoms with Crippen molar-refractivity contribution in [3.8, 4) is 11.9 Å². The van der Waals surface area contributed by atoms with Crippen molar-refractivity contribution < 1.29 is 4.79 Å².